The van der Waals surface area contributed by atoms with Gasteiger partial charge in [-0.15, -0.1) is 5.10 Å². The minimum absolute atomic E-state index is 0.642. The van der Waals surface area contributed by atoms with Gasteiger partial charge in [0.15, 0.2) is 0 Å². The third kappa shape index (κ3) is 3.68. The molecule has 0 amide bonds. The normalized spacial score (nSPS) is 11.1. The number of hydrogen-bond donors (Lipinski definition) is 1. The predicted molar refractivity (Wildman–Crippen MR) is 98.7 cm³/mol. The summed E-state index contributed by atoms with van der Waals surface area (Å²) in [6, 6.07) is 17.9. The number of benzene rings is 2. The topological polar surface area (TPSA) is 55.6 Å². The molecule has 0 unspecified atom stereocenters. The maximum atomic E-state index is 5.89. The van der Waals surface area contributed by atoms with Gasteiger partial charge in [-0.1, -0.05) is 47.1 Å². The summed E-state index contributed by atoms with van der Waals surface area (Å²) in [5.41, 5.74) is 3.92. The van der Waals surface area contributed by atoms with Crippen LogP contribution in [-0.4, -0.2) is 20.0 Å². The molecule has 25 heavy (non-hydrogen) atoms. The molecule has 124 valence electrons. The van der Waals surface area contributed by atoms with Crippen molar-refractivity contribution in [3.8, 4) is 5.69 Å². The summed E-state index contributed by atoms with van der Waals surface area (Å²) in [5.74, 6) is 0. The first-order chi connectivity index (χ1) is 12.3. The van der Waals surface area contributed by atoms with Crippen molar-refractivity contribution in [1.82, 2.24) is 25.3 Å². The molecule has 0 saturated carbocycles. The van der Waals surface area contributed by atoms with Crippen LogP contribution in [0.5, 0.6) is 0 Å². The summed E-state index contributed by atoms with van der Waals surface area (Å²) >= 11 is 5.89. The van der Waals surface area contributed by atoms with Gasteiger partial charge >= 0.3 is 0 Å². The lowest BCUT2D eigenvalue weighted by atomic mass is 10.2. The van der Waals surface area contributed by atoms with E-state index in [1.54, 1.807) is 4.68 Å². The van der Waals surface area contributed by atoms with E-state index in [1.807, 2.05) is 60.9 Å². The number of halogens is 1. The van der Waals surface area contributed by atoms with Crippen molar-refractivity contribution in [1.29, 1.82) is 0 Å². The van der Waals surface area contributed by atoms with Crippen LogP contribution in [0.25, 0.3) is 16.6 Å². The third-order valence-electron chi connectivity index (χ3n) is 3.93. The van der Waals surface area contributed by atoms with Crippen molar-refractivity contribution in [2.45, 2.75) is 13.1 Å². The minimum atomic E-state index is 0.642. The average molecular weight is 350 g/mol. The van der Waals surface area contributed by atoms with Crippen LogP contribution < -0.4 is 5.32 Å². The standard InChI is InChI=1S/C19H16ClN5/c20-16-7-5-14(6-8-16)10-21-11-17-13-25(24-23-17)18-9-15-3-1-2-4-19(15)22-12-18/h1-9,12-13,21H,10-11H2. The highest BCUT2D eigenvalue weighted by atomic mass is 35.5. The number of hydrogen-bond acceptors (Lipinski definition) is 4. The Hall–Kier alpha value is -2.76. The first-order valence-electron chi connectivity index (χ1n) is 7.99. The fourth-order valence-electron chi connectivity index (χ4n) is 2.63. The summed E-state index contributed by atoms with van der Waals surface area (Å²) < 4.78 is 1.75. The van der Waals surface area contributed by atoms with E-state index in [0.717, 1.165) is 33.9 Å². The number of fused-ring (bicyclic) bond motifs is 1. The minimum Gasteiger partial charge on any atom is -0.307 e. The van der Waals surface area contributed by atoms with E-state index < -0.39 is 0 Å². The molecule has 0 aliphatic heterocycles. The van der Waals surface area contributed by atoms with Crippen LogP contribution in [-0.2, 0) is 13.1 Å². The van der Waals surface area contributed by atoms with Crippen molar-refractivity contribution in [3.05, 3.63) is 83.3 Å². The lowest BCUT2D eigenvalue weighted by Gasteiger charge is -2.03. The molecule has 2 aromatic carbocycles. The highest BCUT2D eigenvalue weighted by Crippen LogP contribution is 2.15. The van der Waals surface area contributed by atoms with Gasteiger partial charge in [0, 0.05) is 23.5 Å². The molecule has 4 rings (SSSR count). The van der Waals surface area contributed by atoms with Crippen molar-refractivity contribution < 1.29 is 0 Å². The van der Waals surface area contributed by atoms with Crippen LogP contribution in [0.2, 0.25) is 5.02 Å². The maximum Gasteiger partial charge on any atom is 0.0969 e. The Morgan fingerprint density at radius 2 is 1.84 bits per heavy atom. The molecule has 4 aromatic rings. The SMILES string of the molecule is Clc1ccc(CNCc2cn(-c3cnc4ccccc4c3)nn2)cc1. The van der Waals surface area contributed by atoms with E-state index >= 15 is 0 Å². The molecule has 2 aromatic heterocycles. The zero-order chi connectivity index (χ0) is 17.1. The van der Waals surface area contributed by atoms with E-state index in [1.165, 1.54) is 5.56 Å². The van der Waals surface area contributed by atoms with Crippen LogP contribution >= 0.6 is 11.6 Å². The van der Waals surface area contributed by atoms with E-state index in [-0.39, 0.29) is 0 Å². The van der Waals surface area contributed by atoms with E-state index in [4.69, 9.17) is 11.6 Å². The Bertz CT molecular complexity index is 994. The Morgan fingerprint density at radius 3 is 2.72 bits per heavy atom. The van der Waals surface area contributed by atoms with Crippen LogP contribution in [0.15, 0.2) is 67.0 Å². The van der Waals surface area contributed by atoms with E-state index in [9.17, 15) is 0 Å². The van der Waals surface area contributed by atoms with Crippen molar-refractivity contribution in [3.63, 3.8) is 0 Å². The van der Waals surface area contributed by atoms with Crippen molar-refractivity contribution in [2.75, 3.05) is 0 Å². The predicted octanol–water partition coefficient (Wildman–Crippen LogP) is 3.76. The summed E-state index contributed by atoms with van der Waals surface area (Å²) in [6.45, 7) is 1.39. The van der Waals surface area contributed by atoms with Gasteiger partial charge in [0.25, 0.3) is 0 Å². The molecule has 0 saturated heterocycles. The summed E-state index contributed by atoms with van der Waals surface area (Å²) in [5, 5.41) is 13.6. The second kappa shape index (κ2) is 7.01. The molecule has 0 spiro atoms. The van der Waals surface area contributed by atoms with Crippen LogP contribution in [0.3, 0.4) is 0 Å². The Morgan fingerprint density at radius 1 is 1.00 bits per heavy atom. The first kappa shape index (κ1) is 15.7. The number of para-hydroxylation sites is 1. The fourth-order valence-corrected chi connectivity index (χ4v) is 2.75. The van der Waals surface area contributed by atoms with Gasteiger partial charge in [-0.2, -0.15) is 0 Å². The molecule has 0 aliphatic carbocycles. The number of nitrogens with one attached hydrogen (secondary N) is 1. The lowest BCUT2D eigenvalue weighted by Crippen LogP contribution is -2.12. The fraction of sp³-hybridized carbons (Fsp3) is 0.105. The number of rotatable bonds is 5. The van der Waals surface area contributed by atoms with Gasteiger partial charge in [0.1, 0.15) is 0 Å². The Kier molecular flexibility index (Phi) is 4.41. The smallest absolute Gasteiger partial charge is 0.0969 e. The number of pyridine rings is 1. The molecule has 6 heteroatoms. The molecule has 0 bridgehead atoms. The summed E-state index contributed by atoms with van der Waals surface area (Å²) in [6.07, 6.45) is 3.72. The molecule has 0 fully saturated rings. The van der Waals surface area contributed by atoms with Crippen molar-refractivity contribution in [2.24, 2.45) is 0 Å². The molecule has 1 N–H and O–H groups in total. The van der Waals surface area contributed by atoms with E-state index in [2.05, 4.69) is 26.7 Å². The summed E-state index contributed by atoms with van der Waals surface area (Å²) in [4.78, 5) is 4.46. The van der Waals surface area contributed by atoms with Gasteiger partial charge < -0.3 is 5.32 Å². The molecule has 0 radical (unpaired) electrons. The number of nitrogens with zero attached hydrogens (tertiary/aromatic N) is 4. The van der Waals surface area contributed by atoms with Crippen molar-refractivity contribution >= 4 is 22.5 Å². The van der Waals surface area contributed by atoms with E-state index in [0.29, 0.717) is 6.54 Å². The van der Waals surface area contributed by atoms with Gasteiger partial charge in [-0.05, 0) is 29.8 Å². The highest BCUT2D eigenvalue weighted by molar-refractivity contribution is 6.30. The zero-order valence-corrected chi connectivity index (χ0v) is 14.2. The van der Waals surface area contributed by atoms with Gasteiger partial charge in [0.2, 0.25) is 0 Å². The molecule has 2 heterocycles. The van der Waals surface area contributed by atoms with Crippen LogP contribution in [0.4, 0.5) is 0 Å². The molecule has 0 aliphatic rings. The molecule has 0 atom stereocenters. The molecular weight excluding hydrogens is 334 g/mol. The zero-order valence-electron chi connectivity index (χ0n) is 13.4. The largest absolute Gasteiger partial charge is 0.307 e. The quantitative estimate of drug-likeness (QED) is 0.596. The van der Waals surface area contributed by atoms with Crippen LogP contribution in [0.1, 0.15) is 11.3 Å². The maximum absolute atomic E-state index is 5.89. The third-order valence-corrected chi connectivity index (χ3v) is 4.18. The lowest BCUT2D eigenvalue weighted by molar-refractivity contribution is 0.676. The monoisotopic (exact) mass is 349 g/mol. The second-order valence-electron chi connectivity index (χ2n) is 5.77. The Labute approximate surface area is 150 Å². The van der Waals surface area contributed by atoms with Gasteiger partial charge in [-0.25, -0.2) is 4.68 Å². The number of aromatic nitrogens is 4. The molecule has 5 nitrogen and oxygen atoms in total. The van der Waals surface area contributed by atoms with Gasteiger partial charge in [0.05, 0.1) is 29.3 Å². The first-order valence-corrected chi connectivity index (χ1v) is 8.37. The van der Waals surface area contributed by atoms with Crippen LogP contribution in [0, 0.1) is 0 Å². The summed E-state index contributed by atoms with van der Waals surface area (Å²) in [7, 11) is 0. The van der Waals surface area contributed by atoms with Gasteiger partial charge in [-0.3, -0.25) is 4.98 Å². The molecular formula is C19H16ClN5. The Balaban J connectivity index is 1.43. The second-order valence-corrected chi connectivity index (χ2v) is 6.21. The highest BCUT2D eigenvalue weighted by Gasteiger charge is 2.04. The average Bonchev–Trinajstić information content (AvgIpc) is 3.12.